The molecule has 0 bridgehead atoms. The molecule has 0 unspecified atom stereocenters. The molecule has 2 heterocycles. The largest absolute Gasteiger partial charge is 0.336 e. The van der Waals surface area contributed by atoms with Crippen molar-refractivity contribution in [3.05, 3.63) is 46.5 Å². The van der Waals surface area contributed by atoms with Gasteiger partial charge >= 0.3 is 0 Å². The van der Waals surface area contributed by atoms with Gasteiger partial charge < -0.3 is 9.80 Å². The zero-order valence-corrected chi connectivity index (χ0v) is 14.6. The van der Waals surface area contributed by atoms with Crippen LogP contribution in [0.2, 0.25) is 5.15 Å². The maximum Gasteiger partial charge on any atom is 0.258 e. The molecule has 0 N–H and O–H groups in total. The van der Waals surface area contributed by atoms with Crippen LogP contribution in [0, 0.1) is 12.7 Å². The molecular formula is C17H20ClFN4O. The van der Waals surface area contributed by atoms with E-state index < -0.39 is 0 Å². The summed E-state index contributed by atoms with van der Waals surface area (Å²) in [6.45, 7) is 7.97. The summed E-state index contributed by atoms with van der Waals surface area (Å²) >= 11 is 6.42. The van der Waals surface area contributed by atoms with E-state index in [4.69, 9.17) is 11.6 Å². The van der Waals surface area contributed by atoms with Crippen molar-refractivity contribution in [2.24, 2.45) is 0 Å². The van der Waals surface area contributed by atoms with Crippen molar-refractivity contribution in [1.82, 2.24) is 19.6 Å². The van der Waals surface area contributed by atoms with E-state index in [2.05, 4.69) is 16.9 Å². The lowest BCUT2D eigenvalue weighted by atomic mass is 10.2. The van der Waals surface area contributed by atoms with Crippen LogP contribution in [-0.4, -0.2) is 58.2 Å². The SMILES string of the molecule is CCN1CCN(C(=O)c2c(C)nn(-c3ccc(F)cc3)c2Cl)CC1. The molecule has 1 aromatic heterocycles. The highest BCUT2D eigenvalue weighted by Crippen LogP contribution is 2.25. The van der Waals surface area contributed by atoms with Crippen molar-refractivity contribution < 1.29 is 9.18 Å². The van der Waals surface area contributed by atoms with Gasteiger partial charge in [-0.25, -0.2) is 9.07 Å². The highest BCUT2D eigenvalue weighted by atomic mass is 35.5. The first-order valence-corrected chi connectivity index (χ1v) is 8.41. The van der Waals surface area contributed by atoms with Crippen molar-refractivity contribution in [1.29, 1.82) is 0 Å². The molecule has 0 radical (unpaired) electrons. The van der Waals surface area contributed by atoms with Crippen LogP contribution in [-0.2, 0) is 0 Å². The summed E-state index contributed by atoms with van der Waals surface area (Å²) in [6, 6.07) is 5.85. The van der Waals surface area contributed by atoms with E-state index in [9.17, 15) is 9.18 Å². The highest BCUT2D eigenvalue weighted by Gasteiger charge is 2.27. The summed E-state index contributed by atoms with van der Waals surface area (Å²) in [4.78, 5) is 17.0. The van der Waals surface area contributed by atoms with Gasteiger partial charge in [-0.1, -0.05) is 18.5 Å². The molecule has 1 aromatic carbocycles. The quantitative estimate of drug-likeness (QED) is 0.854. The third kappa shape index (κ3) is 3.16. The molecule has 0 aliphatic carbocycles. The minimum absolute atomic E-state index is 0.0957. The molecule has 1 aliphatic rings. The molecule has 3 rings (SSSR count). The normalized spacial score (nSPS) is 15.8. The Labute approximate surface area is 145 Å². The van der Waals surface area contributed by atoms with E-state index in [0.717, 1.165) is 19.6 Å². The van der Waals surface area contributed by atoms with E-state index >= 15 is 0 Å². The molecule has 0 spiro atoms. The van der Waals surface area contributed by atoms with E-state index in [1.54, 1.807) is 19.1 Å². The fraction of sp³-hybridized carbons (Fsp3) is 0.412. The number of likely N-dealkylation sites (N-methyl/N-ethyl adjacent to an activating group) is 1. The van der Waals surface area contributed by atoms with E-state index in [1.165, 1.54) is 16.8 Å². The van der Waals surface area contributed by atoms with Crippen LogP contribution in [0.5, 0.6) is 0 Å². The van der Waals surface area contributed by atoms with Gasteiger partial charge in [0.25, 0.3) is 5.91 Å². The number of aryl methyl sites for hydroxylation is 1. The van der Waals surface area contributed by atoms with Crippen LogP contribution in [0.25, 0.3) is 5.69 Å². The number of amides is 1. The molecule has 1 amide bonds. The van der Waals surface area contributed by atoms with Gasteiger partial charge in [0.2, 0.25) is 0 Å². The van der Waals surface area contributed by atoms with Gasteiger partial charge in [-0.05, 0) is 37.7 Å². The van der Waals surface area contributed by atoms with Crippen molar-refractivity contribution in [2.75, 3.05) is 32.7 Å². The number of carbonyl (C=O) groups excluding carboxylic acids is 1. The first kappa shape index (κ1) is 16.9. The minimum Gasteiger partial charge on any atom is -0.336 e. The number of piperazine rings is 1. The zero-order chi connectivity index (χ0) is 17.3. The van der Waals surface area contributed by atoms with Crippen LogP contribution >= 0.6 is 11.6 Å². The number of rotatable bonds is 3. The van der Waals surface area contributed by atoms with E-state index in [0.29, 0.717) is 30.0 Å². The number of halogens is 2. The van der Waals surface area contributed by atoms with Gasteiger partial charge in [0.15, 0.2) is 0 Å². The summed E-state index contributed by atoms with van der Waals surface area (Å²) in [5.41, 5.74) is 1.62. The maximum absolute atomic E-state index is 13.1. The summed E-state index contributed by atoms with van der Waals surface area (Å²) in [6.07, 6.45) is 0. The lowest BCUT2D eigenvalue weighted by molar-refractivity contribution is 0.0643. The standard InChI is InChI=1S/C17H20ClFN4O/c1-3-21-8-10-22(11-9-21)17(24)15-12(2)20-23(16(15)18)14-6-4-13(19)5-7-14/h4-7H,3,8-11H2,1-2H3. The number of benzene rings is 1. The minimum atomic E-state index is -0.330. The van der Waals surface area contributed by atoms with Gasteiger partial charge in [-0.3, -0.25) is 4.79 Å². The van der Waals surface area contributed by atoms with Gasteiger partial charge in [0.1, 0.15) is 11.0 Å². The summed E-state index contributed by atoms with van der Waals surface area (Å²) in [7, 11) is 0. The third-order valence-corrected chi connectivity index (χ3v) is 4.74. The van der Waals surface area contributed by atoms with E-state index in [-0.39, 0.29) is 16.9 Å². The van der Waals surface area contributed by atoms with Crippen LogP contribution in [0.4, 0.5) is 4.39 Å². The second kappa shape index (κ2) is 6.91. The van der Waals surface area contributed by atoms with Crippen LogP contribution in [0.15, 0.2) is 24.3 Å². The predicted molar refractivity (Wildman–Crippen MR) is 91.3 cm³/mol. The monoisotopic (exact) mass is 350 g/mol. The lowest BCUT2D eigenvalue weighted by Gasteiger charge is -2.34. The molecule has 24 heavy (non-hydrogen) atoms. The van der Waals surface area contributed by atoms with Gasteiger partial charge in [0.05, 0.1) is 16.9 Å². The van der Waals surface area contributed by atoms with Gasteiger partial charge in [-0.15, -0.1) is 0 Å². The Kier molecular flexibility index (Phi) is 4.87. The molecule has 7 heteroatoms. The van der Waals surface area contributed by atoms with Gasteiger partial charge in [-0.2, -0.15) is 5.10 Å². The summed E-state index contributed by atoms with van der Waals surface area (Å²) < 4.78 is 14.6. The van der Waals surface area contributed by atoms with Crippen molar-refractivity contribution in [3.8, 4) is 5.69 Å². The first-order chi connectivity index (χ1) is 11.5. The Balaban J connectivity index is 1.86. The molecule has 1 saturated heterocycles. The van der Waals surface area contributed by atoms with Crippen molar-refractivity contribution >= 4 is 17.5 Å². The van der Waals surface area contributed by atoms with Crippen LogP contribution < -0.4 is 0 Å². The average molecular weight is 351 g/mol. The Hall–Kier alpha value is -1.92. The average Bonchev–Trinajstić information content (AvgIpc) is 2.89. The second-order valence-corrected chi connectivity index (χ2v) is 6.22. The Morgan fingerprint density at radius 1 is 1.21 bits per heavy atom. The van der Waals surface area contributed by atoms with Crippen molar-refractivity contribution in [2.45, 2.75) is 13.8 Å². The highest BCUT2D eigenvalue weighted by molar-refractivity contribution is 6.33. The number of hydrogen-bond acceptors (Lipinski definition) is 3. The summed E-state index contributed by atoms with van der Waals surface area (Å²) in [5.74, 6) is -0.425. The predicted octanol–water partition coefficient (Wildman–Crippen LogP) is 2.75. The third-order valence-electron chi connectivity index (χ3n) is 4.40. The smallest absolute Gasteiger partial charge is 0.258 e. The molecule has 5 nitrogen and oxygen atoms in total. The number of hydrogen-bond donors (Lipinski definition) is 0. The molecule has 0 saturated carbocycles. The number of nitrogens with zero attached hydrogens (tertiary/aromatic N) is 4. The fourth-order valence-corrected chi connectivity index (χ4v) is 3.27. The van der Waals surface area contributed by atoms with Crippen molar-refractivity contribution in [3.63, 3.8) is 0 Å². The Bertz CT molecular complexity index is 736. The number of carbonyl (C=O) groups is 1. The first-order valence-electron chi connectivity index (χ1n) is 8.04. The maximum atomic E-state index is 13.1. The van der Waals surface area contributed by atoms with E-state index in [1.807, 2.05) is 4.90 Å². The second-order valence-electron chi connectivity index (χ2n) is 5.87. The zero-order valence-electron chi connectivity index (χ0n) is 13.8. The van der Waals surface area contributed by atoms with Gasteiger partial charge in [0, 0.05) is 26.2 Å². The molecular weight excluding hydrogens is 331 g/mol. The molecule has 0 atom stereocenters. The molecule has 1 aliphatic heterocycles. The molecule has 1 fully saturated rings. The Morgan fingerprint density at radius 2 is 1.83 bits per heavy atom. The van der Waals surface area contributed by atoms with Crippen LogP contribution in [0.3, 0.4) is 0 Å². The summed E-state index contributed by atoms with van der Waals surface area (Å²) in [5, 5.41) is 4.63. The fourth-order valence-electron chi connectivity index (χ4n) is 2.92. The molecule has 128 valence electrons. The number of aromatic nitrogens is 2. The Morgan fingerprint density at radius 3 is 2.42 bits per heavy atom. The topological polar surface area (TPSA) is 41.4 Å². The molecule has 2 aromatic rings. The van der Waals surface area contributed by atoms with Crippen LogP contribution in [0.1, 0.15) is 23.0 Å². The lowest BCUT2D eigenvalue weighted by Crippen LogP contribution is -2.48.